The molecular formula is C15H21FN2O4S. The van der Waals surface area contributed by atoms with Crippen molar-refractivity contribution in [3.63, 3.8) is 0 Å². The summed E-state index contributed by atoms with van der Waals surface area (Å²) in [7, 11) is 0.344. The van der Waals surface area contributed by atoms with E-state index in [0.29, 0.717) is 24.5 Å². The molecule has 1 saturated heterocycles. The third-order valence-corrected chi connectivity index (χ3v) is 6.81. The Kier molecular flexibility index (Phi) is 5.23. The van der Waals surface area contributed by atoms with E-state index in [1.807, 2.05) is 18.7 Å². The number of hydrogen-bond acceptors (Lipinski definition) is 5. The molecule has 1 atom stereocenters. The van der Waals surface area contributed by atoms with E-state index >= 15 is 0 Å². The Morgan fingerprint density at radius 3 is 2.61 bits per heavy atom. The third kappa shape index (κ3) is 3.17. The molecule has 1 aromatic rings. The van der Waals surface area contributed by atoms with Crippen molar-refractivity contribution >= 4 is 22.2 Å². The van der Waals surface area contributed by atoms with E-state index in [9.17, 15) is 18.7 Å². The van der Waals surface area contributed by atoms with E-state index in [-0.39, 0.29) is 11.4 Å². The summed E-state index contributed by atoms with van der Waals surface area (Å²) in [6.45, 7) is 4.83. The number of halogens is 1. The van der Waals surface area contributed by atoms with Crippen LogP contribution in [0.25, 0.3) is 0 Å². The molecule has 128 valence electrons. The second-order valence-corrected chi connectivity index (χ2v) is 7.56. The molecular weight excluding hydrogens is 323 g/mol. The third-order valence-electron chi connectivity index (χ3n) is 4.58. The quantitative estimate of drug-likeness (QED) is 0.607. The van der Waals surface area contributed by atoms with Gasteiger partial charge in [-0.15, -0.1) is 0 Å². The van der Waals surface area contributed by atoms with Crippen LogP contribution < -0.4 is 9.64 Å². The maximum absolute atomic E-state index is 13.8. The summed E-state index contributed by atoms with van der Waals surface area (Å²) in [4.78, 5) is 12.5. The highest BCUT2D eigenvalue weighted by Crippen LogP contribution is 2.38. The molecule has 0 radical (unpaired) electrons. The van der Waals surface area contributed by atoms with Crippen LogP contribution in [-0.2, 0) is 10.8 Å². The van der Waals surface area contributed by atoms with Crippen molar-refractivity contribution in [1.82, 2.24) is 0 Å². The minimum absolute atomic E-state index is 0.0316. The molecule has 0 aliphatic carbocycles. The van der Waals surface area contributed by atoms with Crippen molar-refractivity contribution in [2.75, 3.05) is 30.9 Å². The fourth-order valence-electron chi connectivity index (χ4n) is 3.00. The lowest BCUT2D eigenvalue weighted by Gasteiger charge is -2.42. The summed E-state index contributed by atoms with van der Waals surface area (Å²) in [6.07, 6.45) is 1.44. The first-order chi connectivity index (χ1) is 10.9. The molecule has 23 heavy (non-hydrogen) atoms. The molecule has 0 spiro atoms. The fourth-order valence-corrected chi connectivity index (χ4v) is 4.76. The van der Waals surface area contributed by atoms with Gasteiger partial charge in [-0.25, -0.2) is 4.39 Å². The van der Waals surface area contributed by atoms with E-state index in [1.54, 1.807) is 0 Å². The topological polar surface area (TPSA) is 72.7 Å². The number of anilines is 1. The smallest absolute Gasteiger partial charge is 0.295 e. The van der Waals surface area contributed by atoms with Crippen LogP contribution in [0.4, 0.5) is 15.8 Å². The fraction of sp³-hybridized carbons (Fsp3) is 0.600. The van der Waals surface area contributed by atoms with Gasteiger partial charge < -0.3 is 9.64 Å². The normalized spacial score (nSPS) is 20.3. The molecule has 6 nitrogen and oxygen atoms in total. The second kappa shape index (κ2) is 6.82. The summed E-state index contributed by atoms with van der Waals surface area (Å²) in [5.41, 5.74) is 0.0216. The van der Waals surface area contributed by atoms with Gasteiger partial charge in [-0.2, -0.15) is 0 Å². The molecule has 0 amide bonds. The zero-order valence-electron chi connectivity index (χ0n) is 13.5. The Morgan fingerprint density at radius 1 is 1.43 bits per heavy atom. The van der Waals surface area contributed by atoms with Crippen molar-refractivity contribution in [1.29, 1.82) is 0 Å². The van der Waals surface area contributed by atoms with Gasteiger partial charge in [-0.05, 0) is 12.8 Å². The molecule has 1 aliphatic rings. The van der Waals surface area contributed by atoms with Crippen LogP contribution in [-0.4, -0.2) is 39.8 Å². The van der Waals surface area contributed by atoms with Crippen LogP contribution in [0.1, 0.15) is 26.7 Å². The average molecular weight is 344 g/mol. The molecule has 8 heteroatoms. The zero-order valence-corrected chi connectivity index (χ0v) is 14.3. The van der Waals surface area contributed by atoms with Crippen LogP contribution in [0, 0.1) is 15.9 Å². The number of nitro benzene ring substituents is 1. The lowest BCUT2D eigenvalue weighted by molar-refractivity contribution is -0.384. The van der Waals surface area contributed by atoms with E-state index in [0.717, 1.165) is 18.9 Å². The number of rotatable bonds is 5. The molecule has 0 aromatic heterocycles. The van der Waals surface area contributed by atoms with Crippen LogP contribution in [0.2, 0.25) is 0 Å². The molecule has 0 N–H and O–H groups in total. The molecule has 1 fully saturated rings. The van der Waals surface area contributed by atoms with Gasteiger partial charge in [0.05, 0.1) is 22.8 Å². The number of nitrogens with zero attached hydrogens (tertiary/aromatic N) is 2. The minimum atomic E-state index is -0.977. The predicted octanol–water partition coefficient (Wildman–Crippen LogP) is 2.87. The van der Waals surface area contributed by atoms with Gasteiger partial charge in [0.15, 0.2) is 11.6 Å². The Hall–Kier alpha value is -1.70. The second-order valence-electron chi connectivity index (χ2n) is 5.59. The van der Waals surface area contributed by atoms with E-state index in [2.05, 4.69) is 0 Å². The minimum Gasteiger partial charge on any atom is -0.494 e. The van der Waals surface area contributed by atoms with Crippen molar-refractivity contribution in [3.05, 3.63) is 28.1 Å². The summed E-state index contributed by atoms with van der Waals surface area (Å²) < 4.78 is 30.8. The van der Waals surface area contributed by atoms with Gasteiger partial charge in [0.1, 0.15) is 5.69 Å². The highest BCUT2D eigenvalue weighted by molar-refractivity contribution is 7.86. The zero-order chi connectivity index (χ0) is 17.2. The SMILES string of the molecule is CCC1(CC)CN(c2cc(OC)c(F)cc2[N+](=O)[O-])CCS1=O. The van der Waals surface area contributed by atoms with Crippen molar-refractivity contribution in [2.24, 2.45) is 0 Å². The van der Waals surface area contributed by atoms with Gasteiger partial charge >= 0.3 is 0 Å². The highest BCUT2D eigenvalue weighted by Gasteiger charge is 2.40. The predicted molar refractivity (Wildman–Crippen MR) is 88.1 cm³/mol. The first-order valence-corrected chi connectivity index (χ1v) is 8.85. The lowest BCUT2D eigenvalue weighted by atomic mass is 10.0. The van der Waals surface area contributed by atoms with Crippen LogP contribution in [0.5, 0.6) is 5.75 Å². The summed E-state index contributed by atoms with van der Waals surface area (Å²) in [5, 5.41) is 11.3. The number of benzene rings is 1. The molecule has 1 aromatic carbocycles. The van der Waals surface area contributed by atoms with Gasteiger partial charge in [0.2, 0.25) is 0 Å². The molecule has 2 rings (SSSR count). The maximum Gasteiger partial charge on any atom is 0.295 e. The molecule has 1 heterocycles. The van der Waals surface area contributed by atoms with Crippen molar-refractivity contribution in [2.45, 2.75) is 31.4 Å². The maximum atomic E-state index is 13.8. The summed E-state index contributed by atoms with van der Waals surface area (Å²) in [6, 6.07) is 2.25. The molecule has 1 unspecified atom stereocenters. The van der Waals surface area contributed by atoms with Crippen LogP contribution in [0.3, 0.4) is 0 Å². The first-order valence-electron chi connectivity index (χ1n) is 7.54. The van der Waals surface area contributed by atoms with Crippen molar-refractivity contribution < 1.29 is 18.3 Å². The number of nitro groups is 1. The first kappa shape index (κ1) is 17.7. The molecule has 0 bridgehead atoms. The van der Waals surface area contributed by atoms with E-state index in [4.69, 9.17) is 4.74 Å². The largest absolute Gasteiger partial charge is 0.494 e. The van der Waals surface area contributed by atoms with Crippen LogP contribution in [0.15, 0.2) is 12.1 Å². The Bertz CT molecular complexity index is 634. The molecule has 1 aliphatic heterocycles. The van der Waals surface area contributed by atoms with Gasteiger partial charge in [-0.1, -0.05) is 13.8 Å². The van der Waals surface area contributed by atoms with E-state index < -0.39 is 26.3 Å². The Labute approximate surface area is 137 Å². The monoisotopic (exact) mass is 344 g/mol. The summed E-state index contributed by atoms with van der Waals surface area (Å²) in [5.74, 6) is -0.352. The van der Waals surface area contributed by atoms with E-state index in [1.165, 1.54) is 13.2 Å². The summed E-state index contributed by atoms with van der Waals surface area (Å²) >= 11 is 0. The molecule has 0 saturated carbocycles. The van der Waals surface area contributed by atoms with Crippen LogP contribution >= 0.6 is 0 Å². The average Bonchev–Trinajstić information content (AvgIpc) is 2.55. The number of ether oxygens (including phenoxy) is 1. The van der Waals surface area contributed by atoms with Gasteiger partial charge in [0, 0.05) is 35.7 Å². The van der Waals surface area contributed by atoms with Gasteiger partial charge in [0.25, 0.3) is 5.69 Å². The highest BCUT2D eigenvalue weighted by atomic mass is 32.2. The number of hydrogen-bond donors (Lipinski definition) is 0. The Morgan fingerprint density at radius 2 is 2.09 bits per heavy atom. The lowest BCUT2D eigenvalue weighted by Crippen LogP contribution is -2.53. The Balaban J connectivity index is 2.48. The van der Waals surface area contributed by atoms with Crippen molar-refractivity contribution in [3.8, 4) is 5.75 Å². The van der Waals surface area contributed by atoms with Gasteiger partial charge in [-0.3, -0.25) is 14.3 Å². The number of methoxy groups -OCH3 is 1. The standard InChI is InChI=1S/C15H21FN2O4S/c1-4-15(5-2)10-17(6-7-23(15)21)12-9-14(22-3)11(16)8-13(12)18(19)20/h8-9H,4-7,10H2,1-3H3.